The maximum atomic E-state index is 15.3. The van der Waals surface area contributed by atoms with Crippen molar-refractivity contribution in [3.63, 3.8) is 0 Å². The molecule has 0 bridgehead atoms. The van der Waals surface area contributed by atoms with Crippen LogP contribution in [0.25, 0.3) is 6.08 Å². The van der Waals surface area contributed by atoms with E-state index in [-0.39, 0.29) is 41.5 Å². The normalized spacial score (nSPS) is 24.7. The fourth-order valence-electron chi connectivity index (χ4n) is 9.22. The minimum absolute atomic E-state index is 0.0618. The van der Waals surface area contributed by atoms with Crippen LogP contribution in [0, 0.1) is 39.7 Å². The summed E-state index contributed by atoms with van der Waals surface area (Å²) in [6.07, 6.45) is 0.745. The first-order valence-corrected chi connectivity index (χ1v) is 19.4. The minimum Gasteiger partial charge on any atom is -0.502 e. The monoisotopic (exact) mass is 877 g/mol. The second-order valence-corrected chi connectivity index (χ2v) is 15.7. The molecule has 4 aromatic rings. The van der Waals surface area contributed by atoms with Gasteiger partial charge in [-0.3, -0.25) is 39.6 Å². The molecular weight excluding hydrogens is 846 g/mol. The van der Waals surface area contributed by atoms with E-state index in [0.29, 0.717) is 39.0 Å². The van der Waals surface area contributed by atoms with Crippen molar-refractivity contribution in [2.45, 2.75) is 24.4 Å². The number of fused-ring (bicyclic) bond motifs is 4. The van der Waals surface area contributed by atoms with E-state index in [1.807, 2.05) is 0 Å². The Labute approximate surface area is 354 Å². The number of hydrazine groups is 1. The standard InChI is InChI=1S/C42H32Cl2F3N5O9/c1-60-32-15-20(16-33(61-2)35(32)53)3-14-29-26-12-13-27-34(39(56)50(37(27)54)24-8-10-25(11-9-24)52(58)59)28(26)18-30-38(55)51(40(57)41(29,30)21-4-6-23(43)7-5-21)49-36-31(44)17-22(19-48-36)42(45,46)47/h3-12,14-17,19,27-30,34,53H,13,18H2,1-2H3,(H,48,49). The van der Waals surface area contributed by atoms with Crippen LogP contribution in [0.5, 0.6) is 17.2 Å². The number of phenolic OH excluding ortho intramolecular Hbond substituents is 1. The van der Waals surface area contributed by atoms with Gasteiger partial charge in [-0.05, 0) is 72.4 Å². The van der Waals surface area contributed by atoms with Crippen molar-refractivity contribution < 1.29 is 51.9 Å². The third kappa shape index (κ3) is 6.62. The third-order valence-electron chi connectivity index (χ3n) is 11.9. The largest absolute Gasteiger partial charge is 0.502 e. The smallest absolute Gasteiger partial charge is 0.417 e. The second-order valence-electron chi connectivity index (χ2n) is 14.9. The van der Waals surface area contributed by atoms with Crippen molar-refractivity contribution in [2.75, 3.05) is 24.5 Å². The lowest BCUT2D eigenvalue weighted by Gasteiger charge is -2.49. The van der Waals surface area contributed by atoms with E-state index in [1.165, 1.54) is 50.6 Å². The number of imide groups is 2. The molecule has 2 aliphatic heterocycles. The van der Waals surface area contributed by atoms with Gasteiger partial charge in [0.15, 0.2) is 17.3 Å². The Balaban J connectivity index is 1.29. The number of hydrogen-bond acceptors (Lipinski definition) is 11. The number of alkyl halides is 3. The summed E-state index contributed by atoms with van der Waals surface area (Å²) in [5.74, 6) is -8.34. The number of hydrogen-bond donors (Lipinski definition) is 2. The summed E-state index contributed by atoms with van der Waals surface area (Å²) >= 11 is 12.6. The molecule has 2 N–H and O–H groups in total. The Hall–Kier alpha value is -6.46. The molecule has 1 saturated carbocycles. The predicted molar refractivity (Wildman–Crippen MR) is 213 cm³/mol. The summed E-state index contributed by atoms with van der Waals surface area (Å²) in [6.45, 7) is 0. The first kappa shape index (κ1) is 41.3. The average molecular weight is 879 g/mol. The zero-order chi connectivity index (χ0) is 43.7. The van der Waals surface area contributed by atoms with Crippen LogP contribution in [-0.4, -0.2) is 57.9 Å². The fraction of sp³-hybridized carbons (Fsp3) is 0.262. The molecule has 61 heavy (non-hydrogen) atoms. The van der Waals surface area contributed by atoms with Gasteiger partial charge in [-0.25, -0.2) is 4.98 Å². The van der Waals surface area contributed by atoms with Crippen LogP contribution in [0.4, 0.5) is 30.4 Å². The van der Waals surface area contributed by atoms with Crippen LogP contribution in [0.1, 0.15) is 29.5 Å². The van der Waals surface area contributed by atoms with Crippen molar-refractivity contribution in [2.24, 2.45) is 29.6 Å². The van der Waals surface area contributed by atoms with Gasteiger partial charge in [0, 0.05) is 29.3 Å². The van der Waals surface area contributed by atoms with E-state index in [9.17, 15) is 42.8 Å². The Kier molecular flexibility index (Phi) is 10.3. The van der Waals surface area contributed by atoms with Crippen LogP contribution in [0.2, 0.25) is 10.0 Å². The SMILES string of the molecule is COc1cc(C=CC2C3=CCC4C(=O)N(c5ccc([N+](=O)[O-])cc5)C(=O)C4C3CC3C(=O)N(Nc4ncc(C(F)(F)F)cc4Cl)C(=O)C23c2ccc(Cl)cc2)cc(OC)c1O. The highest BCUT2D eigenvalue weighted by atomic mass is 35.5. The predicted octanol–water partition coefficient (Wildman–Crippen LogP) is 7.77. The minimum atomic E-state index is -4.79. The highest BCUT2D eigenvalue weighted by molar-refractivity contribution is 6.33. The molecule has 6 atom stereocenters. The molecule has 0 radical (unpaired) electrons. The fourth-order valence-corrected chi connectivity index (χ4v) is 9.56. The molecule has 4 aliphatic rings. The number of carbonyl (C=O) groups is 4. The summed E-state index contributed by atoms with van der Waals surface area (Å²) in [5.41, 5.74) is 0.837. The molecule has 2 saturated heterocycles. The Morgan fingerprint density at radius 1 is 0.951 bits per heavy atom. The van der Waals surface area contributed by atoms with Crippen molar-refractivity contribution in [3.05, 3.63) is 128 Å². The molecule has 8 rings (SSSR count). The first-order valence-electron chi connectivity index (χ1n) is 18.6. The lowest BCUT2D eigenvalue weighted by molar-refractivity contribution is -0.384. The molecular formula is C42H32Cl2F3N5O9. The van der Waals surface area contributed by atoms with Gasteiger partial charge in [0.1, 0.15) is 0 Å². The van der Waals surface area contributed by atoms with Gasteiger partial charge in [0.25, 0.3) is 17.5 Å². The van der Waals surface area contributed by atoms with Crippen molar-refractivity contribution >= 4 is 70.1 Å². The van der Waals surface area contributed by atoms with Crippen molar-refractivity contribution in [1.82, 2.24) is 9.99 Å². The van der Waals surface area contributed by atoms with Gasteiger partial charge in [0.2, 0.25) is 17.6 Å². The van der Waals surface area contributed by atoms with E-state index < -0.39 is 86.1 Å². The number of methoxy groups -OCH3 is 2. The van der Waals surface area contributed by atoms with Gasteiger partial charge in [-0.15, -0.1) is 0 Å². The highest BCUT2D eigenvalue weighted by Crippen LogP contribution is 2.62. The number of phenols is 1. The summed E-state index contributed by atoms with van der Waals surface area (Å²) in [4.78, 5) is 74.4. The average Bonchev–Trinajstić information content (AvgIpc) is 3.61. The number of carbonyl (C=O) groups excluding carboxylic acids is 4. The van der Waals surface area contributed by atoms with Crippen LogP contribution in [0.15, 0.2) is 90.7 Å². The number of pyridine rings is 1. The number of nitro benzene ring substituents is 1. The van der Waals surface area contributed by atoms with E-state index in [4.69, 9.17) is 32.7 Å². The molecule has 6 unspecified atom stereocenters. The number of anilines is 2. The summed E-state index contributed by atoms with van der Waals surface area (Å²) in [7, 11) is 2.69. The molecule has 3 fully saturated rings. The van der Waals surface area contributed by atoms with E-state index in [2.05, 4.69) is 10.4 Å². The molecule has 3 aromatic carbocycles. The van der Waals surface area contributed by atoms with Crippen LogP contribution in [0.3, 0.4) is 0 Å². The number of halogens is 5. The van der Waals surface area contributed by atoms with Gasteiger partial charge in [-0.2, -0.15) is 18.2 Å². The maximum Gasteiger partial charge on any atom is 0.417 e. The van der Waals surface area contributed by atoms with Crippen LogP contribution in [-0.2, 0) is 30.8 Å². The molecule has 314 valence electrons. The summed E-state index contributed by atoms with van der Waals surface area (Å²) in [5, 5.41) is 22.5. The highest BCUT2D eigenvalue weighted by Gasteiger charge is 2.69. The molecule has 2 aliphatic carbocycles. The van der Waals surface area contributed by atoms with E-state index in [1.54, 1.807) is 42.5 Å². The number of non-ortho nitro benzene ring substituents is 1. The van der Waals surface area contributed by atoms with Gasteiger partial charge < -0.3 is 14.6 Å². The number of aromatic nitrogens is 1. The van der Waals surface area contributed by atoms with Crippen molar-refractivity contribution in [1.29, 1.82) is 0 Å². The van der Waals surface area contributed by atoms with E-state index >= 15 is 4.79 Å². The maximum absolute atomic E-state index is 15.3. The Morgan fingerprint density at radius 3 is 2.20 bits per heavy atom. The third-order valence-corrected chi connectivity index (χ3v) is 12.5. The van der Waals surface area contributed by atoms with Gasteiger partial charge in [-0.1, -0.05) is 59.1 Å². The summed E-state index contributed by atoms with van der Waals surface area (Å²) in [6, 6.07) is 14.9. The Morgan fingerprint density at radius 2 is 1.61 bits per heavy atom. The molecule has 14 nitrogen and oxygen atoms in total. The number of aromatic hydroxyl groups is 1. The number of rotatable bonds is 9. The lowest BCUT2D eigenvalue weighted by Crippen LogP contribution is -2.54. The van der Waals surface area contributed by atoms with E-state index in [0.717, 1.165) is 4.90 Å². The first-order chi connectivity index (χ1) is 29.0. The number of nitrogens with zero attached hydrogens (tertiary/aromatic N) is 4. The zero-order valence-electron chi connectivity index (χ0n) is 31.9. The topological polar surface area (TPSA) is 182 Å². The number of amides is 4. The number of allylic oxidation sites excluding steroid dienone is 3. The Bertz CT molecular complexity index is 2560. The quantitative estimate of drug-likeness (QED) is 0.0726. The van der Waals surface area contributed by atoms with Crippen LogP contribution < -0.4 is 19.8 Å². The molecule has 19 heteroatoms. The second kappa shape index (κ2) is 15.2. The zero-order valence-corrected chi connectivity index (χ0v) is 33.4. The molecule has 4 amide bonds. The van der Waals surface area contributed by atoms with Crippen molar-refractivity contribution in [3.8, 4) is 17.2 Å². The summed E-state index contributed by atoms with van der Waals surface area (Å²) < 4.78 is 51.3. The van der Waals surface area contributed by atoms with Gasteiger partial charge >= 0.3 is 6.18 Å². The molecule has 3 heterocycles. The number of benzene rings is 3. The molecule has 0 spiro atoms. The lowest BCUT2D eigenvalue weighted by atomic mass is 9.50. The van der Waals surface area contributed by atoms with Gasteiger partial charge in [0.05, 0.1) is 58.6 Å². The van der Waals surface area contributed by atoms with Crippen LogP contribution >= 0.6 is 23.2 Å². The number of ether oxygens (including phenoxy) is 2. The number of nitro groups is 1. The number of nitrogens with one attached hydrogen (secondary N) is 1. The molecule has 1 aromatic heterocycles.